The van der Waals surface area contributed by atoms with Gasteiger partial charge >= 0.3 is 6.09 Å². The molecule has 0 radical (unpaired) electrons. The number of rotatable bonds is 2. The van der Waals surface area contributed by atoms with E-state index in [1.807, 2.05) is 12.1 Å². The predicted molar refractivity (Wildman–Crippen MR) is 90.5 cm³/mol. The molecule has 0 saturated carbocycles. The molecule has 0 bridgehead atoms. The number of alkyl carbamates (subject to hydrolysis) is 1. The second kappa shape index (κ2) is 5.76. The second-order valence-electron chi connectivity index (χ2n) is 7.50. The van der Waals surface area contributed by atoms with Crippen LogP contribution in [0, 0.1) is 0 Å². The summed E-state index contributed by atoms with van der Waals surface area (Å²) in [6.45, 7) is 9.93. The standard InChI is InChI=1S/C17H25N3O3/c1-16(2,3)23-15(22)19-9-14(21)20-10-17(4,5)12-7-6-11(18)8-13(12)20/h6-8H,9-10,18H2,1-5H3,(H,19,22). The lowest BCUT2D eigenvalue weighted by Crippen LogP contribution is -2.42. The highest BCUT2D eigenvalue weighted by molar-refractivity contribution is 5.99. The predicted octanol–water partition coefficient (Wildman–Crippen LogP) is 2.42. The van der Waals surface area contributed by atoms with E-state index >= 15 is 0 Å². The van der Waals surface area contributed by atoms with Crippen molar-refractivity contribution in [1.29, 1.82) is 0 Å². The number of nitrogens with two attached hydrogens (primary N) is 1. The average Bonchev–Trinajstić information content (AvgIpc) is 2.65. The number of benzene rings is 1. The molecule has 0 aliphatic carbocycles. The summed E-state index contributed by atoms with van der Waals surface area (Å²) in [7, 11) is 0. The number of nitrogens with zero attached hydrogens (tertiary/aromatic N) is 1. The van der Waals surface area contributed by atoms with Gasteiger partial charge < -0.3 is 20.7 Å². The van der Waals surface area contributed by atoms with Crippen molar-refractivity contribution in [2.24, 2.45) is 0 Å². The Bertz CT molecular complexity index is 632. The van der Waals surface area contributed by atoms with Crippen LogP contribution in [0.5, 0.6) is 0 Å². The lowest BCUT2D eigenvalue weighted by Gasteiger charge is -2.22. The number of fused-ring (bicyclic) bond motifs is 1. The van der Waals surface area contributed by atoms with Crippen LogP contribution in [0.4, 0.5) is 16.2 Å². The quantitative estimate of drug-likeness (QED) is 0.820. The molecule has 2 amide bonds. The molecule has 1 aliphatic heterocycles. The van der Waals surface area contributed by atoms with E-state index in [9.17, 15) is 9.59 Å². The van der Waals surface area contributed by atoms with Crippen LogP contribution < -0.4 is 16.0 Å². The molecule has 23 heavy (non-hydrogen) atoms. The molecule has 6 nitrogen and oxygen atoms in total. The van der Waals surface area contributed by atoms with Gasteiger partial charge in [0.1, 0.15) is 12.1 Å². The molecule has 2 rings (SSSR count). The lowest BCUT2D eigenvalue weighted by atomic mass is 9.87. The maximum absolute atomic E-state index is 12.5. The van der Waals surface area contributed by atoms with Crippen molar-refractivity contribution < 1.29 is 14.3 Å². The van der Waals surface area contributed by atoms with Crippen molar-refractivity contribution in [2.45, 2.75) is 45.6 Å². The van der Waals surface area contributed by atoms with Crippen LogP contribution >= 0.6 is 0 Å². The first-order valence-corrected chi connectivity index (χ1v) is 7.67. The number of hydrogen-bond acceptors (Lipinski definition) is 4. The number of carbonyl (C=O) groups is 2. The summed E-state index contributed by atoms with van der Waals surface area (Å²) in [6, 6.07) is 5.60. The molecule has 1 heterocycles. The Kier molecular flexibility index (Phi) is 4.28. The normalized spacial score (nSPS) is 16.0. The van der Waals surface area contributed by atoms with Gasteiger partial charge in [-0.15, -0.1) is 0 Å². The number of nitrogens with one attached hydrogen (secondary N) is 1. The molecule has 6 heteroatoms. The highest BCUT2D eigenvalue weighted by atomic mass is 16.6. The summed E-state index contributed by atoms with van der Waals surface area (Å²) in [6.07, 6.45) is -0.600. The molecular formula is C17H25N3O3. The number of amides is 2. The maximum atomic E-state index is 12.5. The smallest absolute Gasteiger partial charge is 0.408 e. The second-order valence-corrected chi connectivity index (χ2v) is 7.50. The van der Waals surface area contributed by atoms with Crippen LogP contribution in [0.3, 0.4) is 0 Å². The summed E-state index contributed by atoms with van der Waals surface area (Å²) < 4.78 is 5.14. The first-order valence-electron chi connectivity index (χ1n) is 7.67. The molecule has 0 fully saturated rings. The van der Waals surface area contributed by atoms with Crippen molar-refractivity contribution in [3.8, 4) is 0 Å². The van der Waals surface area contributed by atoms with Crippen molar-refractivity contribution >= 4 is 23.4 Å². The van der Waals surface area contributed by atoms with Crippen molar-refractivity contribution in [1.82, 2.24) is 5.32 Å². The minimum Gasteiger partial charge on any atom is -0.444 e. The number of carbonyl (C=O) groups excluding carboxylic acids is 2. The van der Waals surface area contributed by atoms with Gasteiger partial charge in [-0.25, -0.2) is 4.79 Å². The molecule has 0 aromatic heterocycles. The van der Waals surface area contributed by atoms with Gasteiger partial charge in [0.05, 0.1) is 0 Å². The van der Waals surface area contributed by atoms with Gasteiger partial charge in [0.2, 0.25) is 5.91 Å². The fraction of sp³-hybridized carbons (Fsp3) is 0.529. The zero-order valence-electron chi connectivity index (χ0n) is 14.4. The van der Waals surface area contributed by atoms with E-state index < -0.39 is 11.7 Å². The largest absolute Gasteiger partial charge is 0.444 e. The Labute approximate surface area is 137 Å². The van der Waals surface area contributed by atoms with Crippen molar-refractivity contribution in [3.05, 3.63) is 23.8 Å². The van der Waals surface area contributed by atoms with E-state index in [0.717, 1.165) is 11.3 Å². The molecule has 0 unspecified atom stereocenters. The minimum absolute atomic E-state index is 0.112. The van der Waals surface area contributed by atoms with Gasteiger partial charge in [-0.1, -0.05) is 19.9 Å². The first kappa shape index (κ1) is 17.1. The Hall–Kier alpha value is -2.24. The van der Waals surface area contributed by atoms with E-state index in [2.05, 4.69) is 19.2 Å². The van der Waals surface area contributed by atoms with E-state index in [4.69, 9.17) is 10.5 Å². The monoisotopic (exact) mass is 319 g/mol. The highest BCUT2D eigenvalue weighted by Gasteiger charge is 2.37. The van der Waals surface area contributed by atoms with Crippen LogP contribution in [0.25, 0.3) is 0 Å². The van der Waals surface area contributed by atoms with Crippen LogP contribution in [-0.2, 0) is 14.9 Å². The zero-order valence-corrected chi connectivity index (χ0v) is 14.4. The molecule has 3 N–H and O–H groups in total. The number of anilines is 2. The SMILES string of the molecule is CC(C)(C)OC(=O)NCC(=O)N1CC(C)(C)c2ccc(N)cc21. The molecular weight excluding hydrogens is 294 g/mol. The van der Waals surface area contributed by atoms with Gasteiger partial charge in [0.25, 0.3) is 0 Å². The van der Waals surface area contributed by atoms with Crippen LogP contribution in [-0.4, -0.2) is 30.7 Å². The Morgan fingerprint density at radius 2 is 2.00 bits per heavy atom. The van der Waals surface area contributed by atoms with Gasteiger partial charge in [-0.3, -0.25) is 4.79 Å². The topological polar surface area (TPSA) is 84.7 Å². The van der Waals surface area contributed by atoms with Crippen LogP contribution in [0.2, 0.25) is 0 Å². The van der Waals surface area contributed by atoms with Gasteiger partial charge in [0.15, 0.2) is 0 Å². The minimum atomic E-state index is -0.600. The summed E-state index contributed by atoms with van der Waals surface area (Å²) in [4.78, 5) is 25.8. The Morgan fingerprint density at radius 1 is 1.35 bits per heavy atom. The van der Waals surface area contributed by atoms with Gasteiger partial charge in [0, 0.05) is 23.3 Å². The Morgan fingerprint density at radius 3 is 2.61 bits per heavy atom. The van der Waals surface area contributed by atoms with Crippen LogP contribution in [0.1, 0.15) is 40.2 Å². The van der Waals surface area contributed by atoms with E-state index in [0.29, 0.717) is 12.2 Å². The molecule has 0 spiro atoms. The van der Waals surface area contributed by atoms with E-state index in [-0.39, 0.29) is 17.9 Å². The third-order valence-electron chi connectivity index (χ3n) is 3.68. The number of hydrogen-bond donors (Lipinski definition) is 2. The van der Waals surface area contributed by atoms with Gasteiger partial charge in [-0.05, 0) is 38.5 Å². The van der Waals surface area contributed by atoms with Crippen molar-refractivity contribution in [2.75, 3.05) is 23.7 Å². The molecule has 1 aromatic carbocycles. The summed E-state index contributed by atoms with van der Waals surface area (Å²) >= 11 is 0. The summed E-state index contributed by atoms with van der Waals surface area (Å²) in [5.74, 6) is -0.187. The lowest BCUT2D eigenvalue weighted by molar-refractivity contribution is -0.117. The maximum Gasteiger partial charge on any atom is 0.408 e. The zero-order chi connectivity index (χ0) is 17.4. The average molecular weight is 319 g/mol. The van der Waals surface area contributed by atoms with Crippen LogP contribution in [0.15, 0.2) is 18.2 Å². The number of ether oxygens (including phenoxy) is 1. The van der Waals surface area contributed by atoms with Gasteiger partial charge in [-0.2, -0.15) is 0 Å². The fourth-order valence-electron chi connectivity index (χ4n) is 2.69. The molecule has 1 aliphatic rings. The third-order valence-corrected chi connectivity index (χ3v) is 3.68. The fourth-order valence-corrected chi connectivity index (χ4v) is 2.69. The van der Waals surface area contributed by atoms with Crippen molar-refractivity contribution in [3.63, 3.8) is 0 Å². The first-order chi connectivity index (χ1) is 10.5. The molecule has 0 saturated heterocycles. The van der Waals surface area contributed by atoms with E-state index in [1.54, 1.807) is 31.7 Å². The molecule has 126 valence electrons. The third kappa shape index (κ3) is 3.94. The Balaban J connectivity index is 2.07. The summed E-state index contributed by atoms with van der Waals surface area (Å²) in [5.41, 5.74) is 7.61. The highest BCUT2D eigenvalue weighted by Crippen LogP contribution is 2.41. The number of nitrogen functional groups attached to an aromatic ring is 1. The van der Waals surface area contributed by atoms with E-state index in [1.165, 1.54) is 0 Å². The molecule has 1 aromatic rings. The molecule has 0 atom stereocenters. The summed E-state index contributed by atoms with van der Waals surface area (Å²) in [5, 5.41) is 2.51.